The number of aromatic nitrogens is 1. The van der Waals surface area contributed by atoms with Gasteiger partial charge in [-0.25, -0.2) is 9.59 Å². The molecule has 23 heavy (non-hydrogen) atoms. The molecule has 1 aromatic carbocycles. The molecular formula is C16H19ClN2O4. The number of hydrogen-bond donors (Lipinski definition) is 2. The van der Waals surface area contributed by atoms with Gasteiger partial charge < -0.3 is 20.2 Å². The van der Waals surface area contributed by atoms with E-state index in [1.165, 1.54) is 0 Å². The Balaban J connectivity index is 2.44. The minimum Gasteiger partial charge on any atom is -0.464 e. The molecule has 0 saturated heterocycles. The van der Waals surface area contributed by atoms with E-state index in [0.29, 0.717) is 10.6 Å². The van der Waals surface area contributed by atoms with Crippen LogP contribution in [0.1, 0.15) is 19.4 Å². The highest BCUT2D eigenvalue weighted by Gasteiger charge is 2.46. The number of halogens is 1. The Bertz CT molecular complexity index is 708. The number of carbonyl (C=O) groups excluding carboxylic acids is 2. The number of hydrogen-bond acceptors (Lipinski definition) is 5. The van der Waals surface area contributed by atoms with Gasteiger partial charge in [-0.2, -0.15) is 0 Å². The van der Waals surface area contributed by atoms with Gasteiger partial charge in [-0.3, -0.25) is 0 Å². The maximum absolute atomic E-state index is 12.2. The number of rotatable bonds is 6. The number of H-pyrrole nitrogens is 1. The molecule has 1 heterocycles. The largest absolute Gasteiger partial charge is 0.464 e. The van der Waals surface area contributed by atoms with E-state index in [4.69, 9.17) is 26.8 Å². The van der Waals surface area contributed by atoms with Crippen molar-refractivity contribution in [2.75, 3.05) is 13.2 Å². The molecule has 6 nitrogen and oxygen atoms in total. The van der Waals surface area contributed by atoms with Gasteiger partial charge in [0.1, 0.15) is 0 Å². The molecule has 0 unspecified atom stereocenters. The zero-order valence-electron chi connectivity index (χ0n) is 13.0. The van der Waals surface area contributed by atoms with E-state index in [9.17, 15) is 9.59 Å². The average Bonchev–Trinajstić information content (AvgIpc) is 2.92. The second-order valence-corrected chi connectivity index (χ2v) is 5.47. The molecular weight excluding hydrogens is 320 g/mol. The fourth-order valence-corrected chi connectivity index (χ4v) is 2.69. The maximum atomic E-state index is 12.2. The monoisotopic (exact) mass is 338 g/mol. The highest BCUT2D eigenvalue weighted by molar-refractivity contribution is 6.35. The summed E-state index contributed by atoms with van der Waals surface area (Å²) in [5.41, 5.74) is 5.61. The summed E-state index contributed by atoms with van der Waals surface area (Å²) in [5.74, 6) is -1.64. The Labute approximate surface area is 138 Å². The molecule has 1 aromatic heterocycles. The molecule has 0 atom stereocenters. The Morgan fingerprint density at radius 1 is 1.22 bits per heavy atom. The van der Waals surface area contributed by atoms with Crippen LogP contribution in [0.4, 0.5) is 0 Å². The molecule has 2 rings (SSSR count). The van der Waals surface area contributed by atoms with Gasteiger partial charge in [0.15, 0.2) is 0 Å². The topological polar surface area (TPSA) is 94.4 Å². The first-order valence-electron chi connectivity index (χ1n) is 7.31. The van der Waals surface area contributed by atoms with Crippen LogP contribution in [0.3, 0.4) is 0 Å². The highest BCUT2D eigenvalue weighted by atomic mass is 35.5. The van der Waals surface area contributed by atoms with Crippen LogP contribution < -0.4 is 5.73 Å². The van der Waals surface area contributed by atoms with Crippen molar-refractivity contribution in [2.24, 2.45) is 5.73 Å². The third-order valence-corrected chi connectivity index (χ3v) is 3.80. The van der Waals surface area contributed by atoms with Crippen molar-refractivity contribution >= 4 is 34.4 Å². The molecule has 0 aliphatic heterocycles. The van der Waals surface area contributed by atoms with Crippen LogP contribution in [0.2, 0.25) is 5.02 Å². The normalized spacial score (nSPS) is 11.5. The quantitative estimate of drug-likeness (QED) is 0.622. The summed E-state index contributed by atoms with van der Waals surface area (Å²) in [6, 6.07) is 5.38. The standard InChI is InChI=1S/C16H19ClN2O4/c1-3-22-14(20)16(18,15(21)23-4-2)8-10-9-19-12-7-5-6-11(17)13(10)12/h5-7,9,19H,3-4,8,18H2,1-2H3. The second-order valence-electron chi connectivity index (χ2n) is 5.07. The number of carbonyl (C=O) groups is 2. The third-order valence-electron chi connectivity index (χ3n) is 3.49. The number of nitrogens with two attached hydrogens (primary N) is 1. The Morgan fingerprint density at radius 3 is 2.39 bits per heavy atom. The first kappa shape index (κ1) is 17.3. The highest BCUT2D eigenvalue weighted by Crippen LogP contribution is 2.29. The summed E-state index contributed by atoms with van der Waals surface area (Å²) in [5, 5.41) is 1.23. The number of aromatic amines is 1. The minimum absolute atomic E-state index is 0.0750. The second kappa shape index (κ2) is 7.02. The number of fused-ring (bicyclic) bond motifs is 1. The Hall–Kier alpha value is -2.05. The summed E-state index contributed by atoms with van der Waals surface area (Å²) in [6.45, 7) is 3.52. The van der Waals surface area contributed by atoms with Crippen molar-refractivity contribution < 1.29 is 19.1 Å². The molecule has 0 saturated carbocycles. The minimum atomic E-state index is -1.92. The fraction of sp³-hybridized carbons (Fsp3) is 0.375. The molecule has 0 aliphatic carbocycles. The molecule has 0 bridgehead atoms. The lowest BCUT2D eigenvalue weighted by Crippen LogP contribution is -2.58. The Kier molecular flexibility index (Phi) is 5.28. The van der Waals surface area contributed by atoms with E-state index in [1.807, 2.05) is 6.07 Å². The molecule has 124 valence electrons. The molecule has 7 heteroatoms. The van der Waals surface area contributed by atoms with E-state index in [-0.39, 0.29) is 19.6 Å². The molecule has 3 N–H and O–H groups in total. The van der Waals surface area contributed by atoms with Gasteiger partial charge in [0, 0.05) is 23.5 Å². The van der Waals surface area contributed by atoms with Gasteiger partial charge in [-0.05, 0) is 31.5 Å². The van der Waals surface area contributed by atoms with Crippen LogP contribution in [-0.4, -0.2) is 35.7 Å². The van der Waals surface area contributed by atoms with E-state index in [0.717, 1.165) is 10.9 Å². The van der Waals surface area contributed by atoms with Gasteiger partial charge in [-0.15, -0.1) is 0 Å². The summed E-state index contributed by atoms with van der Waals surface area (Å²) in [4.78, 5) is 27.5. The fourth-order valence-electron chi connectivity index (χ4n) is 2.40. The SMILES string of the molecule is CCOC(=O)C(N)(Cc1c[nH]c2cccc(Cl)c12)C(=O)OCC. The first-order chi connectivity index (χ1) is 10.9. The lowest BCUT2D eigenvalue weighted by atomic mass is 9.91. The van der Waals surface area contributed by atoms with E-state index >= 15 is 0 Å². The van der Waals surface area contributed by atoms with Crippen molar-refractivity contribution in [3.05, 3.63) is 35.0 Å². The predicted octanol–water partition coefficient (Wildman–Crippen LogP) is 2.19. The number of benzene rings is 1. The maximum Gasteiger partial charge on any atom is 0.338 e. The van der Waals surface area contributed by atoms with E-state index in [1.54, 1.807) is 32.2 Å². The van der Waals surface area contributed by atoms with Crippen LogP contribution in [-0.2, 0) is 25.5 Å². The average molecular weight is 339 g/mol. The molecule has 0 spiro atoms. The van der Waals surface area contributed by atoms with Crippen LogP contribution in [0.15, 0.2) is 24.4 Å². The smallest absolute Gasteiger partial charge is 0.338 e. The van der Waals surface area contributed by atoms with Gasteiger partial charge >= 0.3 is 11.9 Å². The molecule has 2 aromatic rings. The van der Waals surface area contributed by atoms with Crippen molar-refractivity contribution in [3.8, 4) is 0 Å². The van der Waals surface area contributed by atoms with Crippen molar-refractivity contribution in [1.82, 2.24) is 4.98 Å². The summed E-state index contributed by atoms with van der Waals surface area (Å²) < 4.78 is 9.92. The van der Waals surface area contributed by atoms with Crippen LogP contribution in [0.5, 0.6) is 0 Å². The zero-order valence-corrected chi connectivity index (χ0v) is 13.8. The predicted molar refractivity (Wildman–Crippen MR) is 87.2 cm³/mol. The Morgan fingerprint density at radius 2 is 1.83 bits per heavy atom. The number of nitrogens with one attached hydrogen (secondary N) is 1. The van der Waals surface area contributed by atoms with Crippen LogP contribution in [0.25, 0.3) is 10.9 Å². The number of esters is 2. The van der Waals surface area contributed by atoms with Crippen molar-refractivity contribution in [3.63, 3.8) is 0 Å². The molecule has 0 fully saturated rings. The van der Waals surface area contributed by atoms with Gasteiger partial charge in [0.25, 0.3) is 0 Å². The molecule has 0 aliphatic rings. The van der Waals surface area contributed by atoms with Gasteiger partial charge in [-0.1, -0.05) is 17.7 Å². The van der Waals surface area contributed by atoms with Crippen LogP contribution in [0, 0.1) is 0 Å². The summed E-state index contributed by atoms with van der Waals surface area (Å²) in [6.07, 6.45) is 1.60. The lowest BCUT2D eigenvalue weighted by molar-refractivity contribution is -0.163. The molecule has 0 radical (unpaired) electrons. The van der Waals surface area contributed by atoms with E-state index < -0.39 is 17.5 Å². The van der Waals surface area contributed by atoms with E-state index in [2.05, 4.69) is 4.98 Å². The first-order valence-corrected chi connectivity index (χ1v) is 7.69. The molecule has 0 amide bonds. The van der Waals surface area contributed by atoms with Crippen molar-refractivity contribution in [2.45, 2.75) is 25.8 Å². The lowest BCUT2D eigenvalue weighted by Gasteiger charge is -2.24. The third kappa shape index (κ3) is 3.33. The number of ether oxygens (including phenoxy) is 2. The van der Waals surface area contributed by atoms with Crippen LogP contribution >= 0.6 is 11.6 Å². The summed E-state index contributed by atoms with van der Waals surface area (Å²) in [7, 11) is 0. The van der Waals surface area contributed by atoms with Gasteiger partial charge in [0.05, 0.1) is 18.2 Å². The zero-order chi connectivity index (χ0) is 17.0. The summed E-state index contributed by atoms with van der Waals surface area (Å²) >= 11 is 6.22. The van der Waals surface area contributed by atoms with Crippen molar-refractivity contribution in [1.29, 1.82) is 0 Å². The van der Waals surface area contributed by atoms with Gasteiger partial charge in [0.2, 0.25) is 5.54 Å².